The maximum Gasteiger partial charge on any atom is 0.255 e. The molecule has 0 bridgehead atoms. The van der Waals surface area contributed by atoms with Crippen LogP contribution in [0.25, 0.3) is 0 Å². The number of rotatable bonds is 3. The predicted octanol–water partition coefficient (Wildman–Crippen LogP) is 3.66. The first-order valence-corrected chi connectivity index (χ1v) is 9.59. The zero-order valence-corrected chi connectivity index (χ0v) is 14.2. The van der Waals surface area contributed by atoms with Crippen molar-refractivity contribution in [2.45, 2.75) is 58.0 Å². The summed E-state index contributed by atoms with van der Waals surface area (Å²) in [4.78, 5) is 16.5. The average Bonchev–Trinajstić information content (AvgIpc) is 3.11. The van der Waals surface area contributed by atoms with Crippen LogP contribution in [0.2, 0.25) is 0 Å². The molecule has 22 heavy (non-hydrogen) atoms. The molecule has 2 heterocycles. The number of thiophene rings is 1. The molecule has 1 amide bonds. The third-order valence-corrected chi connectivity index (χ3v) is 6.83. The molecule has 0 radical (unpaired) electrons. The molecule has 2 aliphatic carbocycles. The second-order valence-electron chi connectivity index (χ2n) is 7.22. The van der Waals surface area contributed by atoms with Gasteiger partial charge in [-0.2, -0.15) is 0 Å². The maximum atomic E-state index is 12.9. The monoisotopic (exact) mass is 319 g/mol. The van der Waals surface area contributed by atoms with E-state index in [0.29, 0.717) is 11.5 Å². The maximum absolute atomic E-state index is 12.9. The van der Waals surface area contributed by atoms with E-state index >= 15 is 0 Å². The molecule has 0 unspecified atom stereocenters. The van der Waals surface area contributed by atoms with Gasteiger partial charge in [-0.3, -0.25) is 4.79 Å². The molecular weight excluding hydrogens is 294 g/mol. The van der Waals surface area contributed by atoms with Gasteiger partial charge in [0, 0.05) is 30.0 Å². The Labute approximate surface area is 136 Å². The highest BCUT2D eigenvalue weighted by Crippen LogP contribution is 2.49. The molecule has 0 atom stereocenters. The third kappa shape index (κ3) is 2.41. The molecule has 1 saturated heterocycles. The first kappa shape index (κ1) is 14.7. The third-order valence-electron chi connectivity index (χ3n) is 5.74. The van der Waals surface area contributed by atoms with E-state index in [1.807, 2.05) is 0 Å². The van der Waals surface area contributed by atoms with Crippen LogP contribution in [-0.4, -0.2) is 36.6 Å². The number of ether oxygens (including phenoxy) is 1. The SMILES string of the molecule is CCOC1CC2(CCN(C(=O)c3csc4c3CCCC4)C2)C1. The molecular formula is C18H25NO2S. The molecule has 1 spiro atoms. The van der Waals surface area contributed by atoms with E-state index in [0.717, 1.165) is 50.9 Å². The largest absolute Gasteiger partial charge is 0.378 e. The van der Waals surface area contributed by atoms with Crippen molar-refractivity contribution in [3.63, 3.8) is 0 Å². The fourth-order valence-electron chi connectivity index (χ4n) is 4.54. The van der Waals surface area contributed by atoms with E-state index < -0.39 is 0 Å². The van der Waals surface area contributed by atoms with Gasteiger partial charge in [-0.05, 0) is 62.8 Å². The number of likely N-dealkylation sites (tertiary alicyclic amines) is 1. The zero-order valence-electron chi connectivity index (χ0n) is 13.4. The van der Waals surface area contributed by atoms with E-state index in [1.54, 1.807) is 11.3 Å². The first-order valence-electron chi connectivity index (χ1n) is 8.71. The highest BCUT2D eigenvalue weighted by molar-refractivity contribution is 7.10. The Morgan fingerprint density at radius 3 is 3.05 bits per heavy atom. The highest BCUT2D eigenvalue weighted by Gasteiger charge is 2.50. The summed E-state index contributed by atoms with van der Waals surface area (Å²) in [7, 11) is 0. The van der Waals surface area contributed by atoms with Crippen molar-refractivity contribution in [1.82, 2.24) is 4.90 Å². The van der Waals surface area contributed by atoms with Gasteiger partial charge >= 0.3 is 0 Å². The lowest BCUT2D eigenvalue weighted by Gasteiger charge is -2.44. The number of carbonyl (C=O) groups excluding carboxylic acids is 1. The molecule has 2 fully saturated rings. The summed E-state index contributed by atoms with van der Waals surface area (Å²) in [6, 6.07) is 0. The van der Waals surface area contributed by atoms with Crippen LogP contribution in [0.3, 0.4) is 0 Å². The fourth-order valence-corrected chi connectivity index (χ4v) is 5.66. The highest BCUT2D eigenvalue weighted by atomic mass is 32.1. The summed E-state index contributed by atoms with van der Waals surface area (Å²) in [5.74, 6) is 0.288. The number of hydrogen-bond donors (Lipinski definition) is 0. The molecule has 3 nitrogen and oxygen atoms in total. The standard InChI is InChI=1S/C18H25NO2S/c1-2-21-13-9-18(10-13)7-8-19(12-18)17(20)15-11-22-16-6-4-3-5-14(15)16/h11,13H,2-10,12H2,1H3. The summed E-state index contributed by atoms with van der Waals surface area (Å²) in [6.07, 6.45) is 8.69. The topological polar surface area (TPSA) is 29.5 Å². The van der Waals surface area contributed by atoms with Gasteiger partial charge in [-0.25, -0.2) is 0 Å². The Hall–Kier alpha value is -0.870. The summed E-state index contributed by atoms with van der Waals surface area (Å²) < 4.78 is 5.71. The van der Waals surface area contributed by atoms with Crippen molar-refractivity contribution >= 4 is 17.2 Å². The number of carbonyl (C=O) groups is 1. The minimum Gasteiger partial charge on any atom is -0.378 e. The molecule has 3 aliphatic rings. The van der Waals surface area contributed by atoms with Crippen LogP contribution in [0.5, 0.6) is 0 Å². The molecule has 0 N–H and O–H groups in total. The van der Waals surface area contributed by atoms with Crippen molar-refractivity contribution in [1.29, 1.82) is 0 Å². The summed E-state index contributed by atoms with van der Waals surface area (Å²) in [5.41, 5.74) is 2.74. The minimum absolute atomic E-state index is 0.288. The number of amides is 1. The second-order valence-corrected chi connectivity index (χ2v) is 8.18. The predicted molar refractivity (Wildman–Crippen MR) is 88.6 cm³/mol. The minimum atomic E-state index is 0.288. The number of fused-ring (bicyclic) bond motifs is 1. The molecule has 1 aliphatic heterocycles. The Bertz CT molecular complexity index is 574. The molecule has 1 aromatic rings. The van der Waals surface area contributed by atoms with Crippen molar-refractivity contribution in [2.24, 2.45) is 5.41 Å². The van der Waals surface area contributed by atoms with E-state index in [2.05, 4.69) is 17.2 Å². The van der Waals surface area contributed by atoms with Crippen LogP contribution in [0.15, 0.2) is 5.38 Å². The van der Waals surface area contributed by atoms with Gasteiger partial charge in [0.15, 0.2) is 0 Å². The van der Waals surface area contributed by atoms with E-state index in [1.165, 1.54) is 29.7 Å². The van der Waals surface area contributed by atoms with Gasteiger partial charge in [-0.1, -0.05) is 0 Å². The van der Waals surface area contributed by atoms with E-state index in [-0.39, 0.29) is 5.91 Å². The lowest BCUT2D eigenvalue weighted by Crippen LogP contribution is -2.45. The van der Waals surface area contributed by atoms with Gasteiger partial charge in [0.05, 0.1) is 11.7 Å². The lowest BCUT2D eigenvalue weighted by molar-refractivity contribution is -0.0707. The van der Waals surface area contributed by atoms with Crippen LogP contribution >= 0.6 is 11.3 Å². The summed E-state index contributed by atoms with van der Waals surface area (Å²) in [6.45, 7) is 4.75. The Kier molecular flexibility index (Phi) is 3.77. The van der Waals surface area contributed by atoms with Crippen LogP contribution in [-0.2, 0) is 17.6 Å². The lowest BCUT2D eigenvalue weighted by atomic mass is 9.66. The number of nitrogens with zero attached hydrogens (tertiary/aromatic N) is 1. The van der Waals surface area contributed by atoms with Gasteiger partial charge in [0.1, 0.15) is 0 Å². The normalized spacial score (nSPS) is 30.4. The van der Waals surface area contributed by atoms with Gasteiger partial charge in [0.2, 0.25) is 0 Å². The van der Waals surface area contributed by atoms with Crippen LogP contribution in [0.4, 0.5) is 0 Å². The van der Waals surface area contributed by atoms with Crippen molar-refractivity contribution in [3.05, 3.63) is 21.4 Å². The molecule has 1 saturated carbocycles. The fraction of sp³-hybridized carbons (Fsp3) is 0.722. The number of hydrogen-bond acceptors (Lipinski definition) is 3. The summed E-state index contributed by atoms with van der Waals surface area (Å²) in [5, 5.41) is 2.12. The van der Waals surface area contributed by atoms with Crippen LogP contribution in [0.1, 0.15) is 59.8 Å². The van der Waals surface area contributed by atoms with Crippen molar-refractivity contribution in [2.75, 3.05) is 19.7 Å². The van der Waals surface area contributed by atoms with Crippen LogP contribution in [0, 0.1) is 5.41 Å². The van der Waals surface area contributed by atoms with Gasteiger partial charge in [0.25, 0.3) is 5.91 Å². The molecule has 4 rings (SSSR count). The molecule has 0 aromatic carbocycles. The van der Waals surface area contributed by atoms with Gasteiger partial charge < -0.3 is 9.64 Å². The number of aryl methyl sites for hydroxylation is 1. The quantitative estimate of drug-likeness (QED) is 0.851. The molecule has 120 valence electrons. The zero-order chi connectivity index (χ0) is 15.2. The molecule has 4 heteroatoms. The smallest absolute Gasteiger partial charge is 0.255 e. The molecule has 1 aromatic heterocycles. The van der Waals surface area contributed by atoms with E-state index in [4.69, 9.17) is 4.74 Å². The van der Waals surface area contributed by atoms with E-state index in [9.17, 15) is 4.79 Å². The van der Waals surface area contributed by atoms with Gasteiger partial charge in [-0.15, -0.1) is 11.3 Å². The Balaban J connectivity index is 1.43. The van der Waals surface area contributed by atoms with Crippen molar-refractivity contribution in [3.8, 4) is 0 Å². The van der Waals surface area contributed by atoms with Crippen LogP contribution < -0.4 is 0 Å². The second kappa shape index (κ2) is 5.64. The average molecular weight is 319 g/mol. The Morgan fingerprint density at radius 2 is 2.23 bits per heavy atom. The summed E-state index contributed by atoms with van der Waals surface area (Å²) >= 11 is 1.80. The first-order chi connectivity index (χ1) is 10.7. The van der Waals surface area contributed by atoms with Crippen molar-refractivity contribution < 1.29 is 9.53 Å². The Morgan fingerprint density at radius 1 is 1.41 bits per heavy atom.